The molecule has 1 atom stereocenters. The zero-order valence-electron chi connectivity index (χ0n) is 15.7. The van der Waals surface area contributed by atoms with Gasteiger partial charge < -0.3 is 24.4 Å². The molecule has 0 bridgehead atoms. The normalized spacial score (nSPS) is 17.9. The van der Waals surface area contributed by atoms with E-state index >= 15 is 0 Å². The SMILES string of the molecule is O=C(NCCOc1ccccc1F)[C@@H]1CC(=O)N(c2ccc3c(c2)OCCO3)C1. The molecule has 2 aliphatic heterocycles. The molecule has 2 aromatic carbocycles. The maximum Gasteiger partial charge on any atom is 0.227 e. The average molecular weight is 400 g/mol. The maximum atomic E-state index is 13.5. The number of halogens is 1. The molecule has 4 rings (SSSR count). The number of carbonyl (C=O) groups is 2. The fourth-order valence-corrected chi connectivity index (χ4v) is 3.37. The number of rotatable bonds is 6. The Labute approximate surface area is 167 Å². The number of carbonyl (C=O) groups excluding carboxylic acids is 2. The standard InChI is InChI=1S/C21H21FN2O5/c22-16-3-1-2-4-17(16)27-8-7-23-21(26)14-11-20(25)24(13-14)15-5-6-18-19(12-15)29-10-9-28-18/h1-6,12,14H,7-11,13H2,(H,23,26)/t14-/m1/s1. The van der Waals surface area contributed by atoms with Crippen molar-refractivity contribution in [2.24, 2.45) is 5.92 Å². The summed E-state index contributed by atoms with van der Waals surface area (Å²) < 4.78 is 29.9. The third kappa shape index (κ3) is 4.26. The smallest absolute Gasteiger partial charge is 0.227 e. The summed E-state index contributed by atoms with van der Waals surface area (Å²) in [5.41, 5.74) is 0.678. The molecule has 0 aliphatic carbocycles. The monoisotopic (exact) mass is 400 g/mol. The van der Waals surface area contributed by atoms with Gasteiger partial charge in [-0.15, -0.1) is 0 Å². The lowest BCUT2D eigenvalue weighted by molar-refractivity contribution is -0.126. The molecule has 0 aromatic heterocycles. The van der Waals surface area contributed by atoms with E-state index in [9.17, 15) is 14.0 Å². The zero-order chi connectivity index (χ0) is 20.2. The topological polar surface area (TPSA) is 77.1 Å². The van der Waals surface area contributed by atoms with Crippen LogP contribution in [-0.4, -0.2) is 44.7 Å². The fourth-order valence-electron chi connectivity index (χ4n) is 3.37. The molecule has 29 heavy (non-hydrogen) atoms. The van der Waals surface area contributed by atoms with Crippen LogP contribution in [0.3, 0.4) is 0 Å². The first kappa shape index (κ1) is 19.0. The summed E-state index contributed by atoms with van der Waals surface area (Å²) in [7, 11) is 0. The Balaban J connectivity index is 1.29. The number of ether oxygens (including phenoxy) is 3. The van der Waals surface area contributed by atoms with Gasteiger partial charge in [0.25, 0.3) is 0 Å². The average Bonchev–Trinajstić information content (AvgIpc) is 3.13. The van der Waals surface area contributed by atoms with E-state index in [0.29, 0.717) is 36.9 Å². The molecule has 0 saturated carbocycles. The largest absolute Gasteiger partial charge is 0.489 e. The number of hydrogen-bond acceptors (Lipinski definition) is 5. The van der Waals surface area contributed by atoms with E-state index in [1.54, 1.807) is 35.2 Å². The quantitative estimate of drug-likeness (QED) is 0.752. The minimum atomic E-state index is -0.454. The van der Waals surface area contributed by atoms with Gasteiger partial charge in [-0.3, -0.25) is 9.59 Å². The van der Waals surface area contributed by atoms with Gasteiger partial charge in [0, 0.05) is 24.7 Å². The lowest BCUT2D eigenvalue weighted by atomic mass is 10.1. The van der Waals surface area contributed by atoms with Crippen LogP contribution in [0.25, 0.3) is 0 Å². The molecule has 2 aromatic rings. The fraction of sp³-hybridized carbons (Fsp3) is 0.333. The molecule has 0 spiro atoms. The molecule has 2 heterocycles. The van der Waals surface area contributed by atoms with Crippen molar-refractivity contribution >= 4 is 17.5 Å². The Morgan fingerprint density at radius 3 is 2.79 bits per heavy atom. The first-order valence-electron chi connectivity index (χ1n) is 9.47. The van der Waals surface area contributed by atoms with Crippen molar-refractivity contribution in [3.8, 4) is 17.2 Å². The van der Waals surface area contributed by atoms with Crippen molar-refractivity contribution in [2.75, 3.05) is 37.8 Å². The summed E-state index contributed by atoms with van der Waals surface area (Å²) in [5.74, 6) is 0.137. The van der Waals surface area contributed by atoms with Crippen LogP contribution in [-0.2, 0) is 9.59 Å². The van der Waals surface area contributed by atoms with Gasteiger partial charge in [0.05, 0.1) is 12.5 Å². The number of nitrogens with zero attached hydrogens (tertiary/aromatic N) is 1. The van der Waals surface area contributed by atoms with Crippen molar-refractivity contribution in [1.82, 2.24) is 5.32 Å². The first-order valence-corrected chi connectivity index (χ1v) is 9.47. The molecule has 1 saturated heterocycles. The highest BCUT2D eigenvalue weighted by Crippen LogP contribution is 2.35. The van der Waals surface area contributed by atoms with E-state index in [4.69, 9.17) is 14.2 Å². The molecule has 8 heteroatoms. The van der Waals surface area contributed by atoms with Crippen LogP contribution in [0.2, 0.25) is 0 Å². The van der Waals surface area contributed by atoms with Crippen LogP contribution >= 0.6 is 0 Å². The Morgan fingerprint density at radius 1 is 1.17 bits per heavy atom. The number of anilines is 1. The number of benzene rings is 2. The highest BCUT2D eigenvalue weighted by molar-refractivity contribution is 6.00. The van der Waals surface area contributed by atoms with Crippen LogP contribution < -0.4 is 24.4 Å². The summed E-state index contributed by atoms with van der Waals surface area (Å²) >= 11 is 0. The Kier molecular flexibility index (Phi) is 5.50. The summed E-state index contributed by atoms with van der Waals surface area (Å²) in [6, 6.07) is 11.4. The van der Waals surface area contributed by atoms with Crippen LogP contribution in [0, 0.1) is 11.7 Å². The van der Waals surface area contributed by atoms with Gasteiger partial charge in [-0.05, 0) is 24.3 Å². The molecular formula is C21H21FN2O5. The van der Waals surface area contributed by atoms with Crippen LogP contribution in [0.4, 0.5) is 10.1 Å². The summed E-state index contributed by atoms with van der Waals surface area (Å²) in [6.07, 6.45) is 0.133. The lowest BCUT2D eigenvalue weighted by Gasteiger charge is -2.22. The van der Waals surface area contributed by atoms with E-state index in [1.807, 2.05) is 0 Å². The third-order valence-electron chi connectivity index (χ3n) is 4.83. The molecule has 7 nitrogen and oxygen atoms in total. The van der Waals surface area contributed by atoms with Crippen LogP contribution in [0.1, 0.15) is 6.42 Å². The molecule has 1 N–H and O–H groups in total. The highest BCUT2D eigenvalue weighted by Gasteiger charge is 2.35. The minimum absolute atomic E-state index is 0.121. The summed E-state index contributed by atoms with van der Waals surface area (Å²) in [5, 5.41) is 2.75. The molecule has 1 fully saturated rings. The van der Waals surface area contributed by atoms with Gasteiger partial charge in [0.2, 0.25) is 11.8 Å². The summed E-state index contributed by atoms with van der Waals surface area (Å²) in [6.45, 7) is 1.61. The van der Waals surface area contributed by atoms with Crippen molar-refractivity contribution in [1.29, 1.82) is 0 Å². The number of amides is 2. The Morgan fingerprint density at radius 2 is 1.97 bits per heavy atom. The van der Waals surface area contributed by atoms with E-state index in [-0.39, 0.29) is 37.1 Å². The second kappa shape index (κ2) is 8.38. The molecule has 0 unspecified atom stereocenters. The van der Waals surface area contributed by atoms with Gasteiger partial charge in [-0.2, -0.15) is 0 Å². The highest BCUT2D eigenvalue weighted by atomic mass is 19.1. The first-order chi connectivity index (χ1) is 14.1. The van der Waals surface area contributed by atoms with Crippen molar-refractivity contribution in [2.45, 2.75) is 6.42 Å². The van der Waals surface area contributed by atoms with Crippen LogP contribution in [0.15, 0.2) is 42.5 Å². The van der Waals surface area contributed by atoms with Gasteiger partial charge in [0.15, 0.2) is 23.1 Å². The molecule has 2 aliphatic rings. The molecule has 2 amide bonds. The third-order valence-corrected chi connectivity index (χ3v) is 4.83. The van der Waals surface area contributed by atoms with E-state index in [1.165, 1.54) is 12.1 Å². The number of nitrogens with one attached hydrogen (secondary N) is 1. The van der Waals surface area contributed by atoms with E-state index in [2.05, 4.69) is 5.32 Å². The minimum Gasteiger partial charge on any atom is -0.489 e. The van der Waals surface area contributed by atoms with Crippen LogP contribution in [0.5, 0.6) is 17.2 Å². The zero-order valence-corrected chi connectivity index (χ0v) is 15.7. The van der Waals surface area contributed by atoms with Gasteiger partial charge in [-0.1, -0.05) is 12.1 Å². The lowest BCUT2D eigenvalue weighted by Crippen LogP contribution is -2.35. The maximum absolute atomic E-state index is 13.5. The Bertz CT molecular complexity index is 920. The molecule has 0 radical (unpaired) electrons. The van der Waals surface area contributed by atoms with Gasteiger partial charge in [-0.25, -0.2) is 4.39 Å². The van der Waals surface area contributed by atoms with Gasteiger partial charge in [0.1, 0.15) is 19.8 Å². The van der Waals surface area contributed by atoms with Crippen molar-refractivity contribution in [3.05, 3.63) is 48.3 Å². The van der Waals surface area contributed by atoms with Crippen molar-refractivity contribution in [3.63, 3.8) is 0 Å². The number of fused-ring (bicyclic) bond motifs is 1. The second-order valence-corrected chi connectivity index (χ2v) is 6.80. The second-order valence-electron chi connectivity index (χ2n) is 6.80. The molecule has 152 valence electrons. The number of hydrogen-bond donors (Lipinski definition) is 1. The van der Waals surface area contributed by atoms with Crippen molar-refractivity contribution < 1.29 is 28.2 Å². The predicted molar refractivity (Wildman–Crippen MR) is 103 cm³/mol. The van der Waals surface area contributed by atoms with E-state index in [0.717, 1.165) is 0 Å². The number of para-hydroxylation sites is 1. The van der Waals surface area contributed by atoms with E-state index < -0.39 is 11.7 Å². The predicted octanol–water partition coefficient (Wildman–Crippen LogP) is 2.14. The Hall–Kier alpha value is -3.29. The summed E-state index contributed by atoms with van der Waals surface area (Å²) in [4.78, 5) is 26.4. The van der Waals surface area contributed by atoms with Gasteiger partial charge >= 0.3 is 0 Å². The molecular weight excluding hydrogens is 379 g/mol.